The molecule has 0 aliphatic heterocycles. The van der Waals surface area contributed by atoms with Gasteiger partial charge in [0.15, 0.2) is 0 Å². The molecule has 0 spiro atoms. The fraction of sp³-hybridized carbons (Fsp3) is 0.889. The van der Waals surface area contributed by atoms with E-state index in [1.165, 1.54) is 0 Å². The predicted octanol–water partition coefficient (Wildman–Crippen LogP) is 1.60. The van der Waals surface area contributed by atoms with Crippen LogP contribution in [-0.4, -0.2) is 35.1 Å². The van der Waals surface area contributed by atoms with Crippen molar-refractivity contribution in [3.8, 4) is 0 Å². The van der Waals surface area contributed by atoms with Gasteiger partial charge in [0.1, 0.15) is 5.78 Å². The van der Waals surface area contributed by atoms with E-state index < -0.39 is 0 Å². The van der Waals surface area contributed by atoms with Crippen molar-refractivity contribution in [1.82, 2.24) is 4.90 Å². The number of nitrogens with zero attached hydrogens (tertiary/aromatic N) is 1. The number of Topliss-reactive ketones (excluding diaryl/α,β-unsaturated/α-hetero) is 1. The van der Waals surface area contributed by atoms with Crippen molar-refractivity contribution in [3.05, 3.63) is 0 Å². The molecule has 0 radical (unpaired) electrons. The van der Waals surface area contributed by atoms with Gasteiger partial charge < -0.3 is 0 Å². The van der Waals surface area contributed by atoms with Gasteiger partial charge in [-0.1, -0.05) is 6.92 Å². The van der Waals surface area contributed by atoms with Gasteiger partial charge in [-0.3, -0.25) is 9.69 Å². The van der Waals surface area contributed by atoms with Crippen molar-refractivity contribution < 1.29 is 4.79 Å². The fourth-order valence-corrected chi connectivity index (χ4v) is 1.88. The predicted molar refractivity (Wildman–Crippen MR) is 55.8 cm³/mol. The number of likely N-dealkylation sites (N-methyl/N-ethyl adjacent to an activating group) is 1. The van der Waals surface area contributed by atoms with Crippen LogP contribution in [0.2, 0.25) is 0 Å². The summed E-state index contributed by atoms with van der Waals surface area (Å²) in [6.45, 7) is 8.81. The van der Waals surface area contributed by atoms with Gasteiger partial charge in [0.05, 0.1) is 6.04 Å². The van der Waals surface area contributed by atoms with Crippen LogP contribution in [0.4, 0.5) is 0 Å². The van der Waals surface area contributed by atoms with Crippen LogP contribution >= 0.6 is 12.6 Å². The number of thiol groups is 1. The summed E-state index contributed by atoms with van der Waals surface area (Å²) in [4.78, 5) is 13.4. The van der Waals surface area contributed by atoms with Gasteiger partial charge in [-0.15, -0.1) is 0 Å². The number of hydrogen-bond donors (Lipinski definition) is 1. The molecular weight excluding hydrogens is 170 g/mol. The summed E-state index contributed by atoms with van der Waals surface area (Å²) in [5.41, 5.74) is 0. The van der Waals surface area contributed by atoms with E-state index >= 15 is 0 Å². The van der Waals surface area contributed by atoms with Crippen LogP contribution in [0.25, 0.3) is 0 Å². The van der Waals surface area contributed by atoms with Gasteiger partial charge in [0.25, 0.3) is 0 Å². The van der Waals surface area contributed by atoms with Gasteiger partial charge >= 0.3 is 0 Å². The van der Waals surface area contributed by atoms with Gasteiger partial charge in [-0.2, -0.15) is 12.6 Å². The van der Waals surface area contributed by atoms with Gasteiger partial charge in [0, 0.05) is 11.8 Å². The molecule has 72 valence electrons. The van der Waals surface area contributed by atoms with Crippen LogP contribution in [-0.2, 0) is 4.79 Å². The van der Waals surface area contributed by atoms with E-state index in [1.807, 2.05) is 0 Å². The minimum Gasteiger partial charge on any atom is -0.298 e. The van der Waals surface area contributed by atoms with E-state index in [0.29, 0.717) is 11.8 Å². The second-order valence-electron chi connectivity index (χ2n) is 3.23. The second kappa shape index (κ2) is 5.60. The Morgan fingerprint density at radius 3 is 2.08 bits per heavy atom. The van der Waals surface area contributed by atoms with Crippen molar-refractivity contribution in [2.75, 3.05) is 12.3 Å². The second-order valence-corrected chi connectivity index (χ2v) is 3.60. The molecule has 0 amide bonds. The molecular formula is C9H19NOS. The first-order chi connectivity index (χ1) is 5.54. The monoisotopic (exact) mass is 189 g/mol. The van der Waals surface area contributed by atoms with Gasteiger partial charge in [0.2, 0.25) is 0 Å². The lowest BCUT2D eigenvalue weighted by molar-refractivity contribution is -0.122. The molecule has 0 rings (SSSR count). The number of ketones is 1. The molecule has 0 aliphatic carbocycles. The third kappa shape index (κ3) is 3.15. The third-order valence-electron chi connectivity index (χ3n) is 2.07. The molecule has 2 nitrogen and oxygen atoms in total. The largest absolute Gasteiger partial charge is 0.298 e. The van der Waals surface area contributed by atoms with Gasteiger partial charge in [-0.05, 0) is 27.3 Å². The molecule has 0 aromatic heterocycles. The minimum absolute atomic E-state index is 0.0154. The zero-order valence-electron chi connectivity index (χ0n) is 8.37. The van der Waals surface area contributed by atoms with Crippen LogP contribution in [0.5, 0.6) is 0 Å². The van der Waals surface area contributed by atoms with Crippen LogP contribution in [0.1, 0.15) is 27.7 Å². The van der Waals surface area contributed by atoms with E-state index in [1.54, 1.807) is 6.92 Å². The van der Waals surface area contributed by atoms with Crippen molar-refractivity contribution in [3.63, 3.8) is 0 Å². The molecule has 0 bridgehead atoms. The maximum Gasteiger partial charge on any atom is 0.147 e. The lowest BCUT2D eigenvalue weighted by Crippen LogP contribution is -2.45. The molecule has 3 heteroatoms. The van der Waals surface area contributed by atoms with Crippen molar-refractivity contribution >= 4 is 18.4 Å². The highest BCUT2D eigenvalue weighted by atomic mass is 32.1. The molecule has 0 aromatic carbocycles. The smallest absolute Gasteiger partial charge is 0.147 e. The zero-order valence-corrected chi connectivity index (χ0v) is 9.27. The Labute approximate surface area is 80.7 Å². The summed E-state index contributed by atoms with van der Waals surface area (Å²) in [6.07, 6.45) is 0. The Morgan fingerprint density at radius 2 is 2.00 bits per heavy atom. The topological polar surface area (TPSA) is 20.3 Å². The average Bonchev–Trinajstić information content (AvgIpc) is 1.98. The normalized spacial score (nSPS) is 13.9. The highest BCUT2D eigenvalue weighted by Gasteiger charge is 2.21. The number of carbonyl (C=O) groups excluding carboxylic acids is 1. The Bertz CT molecular complexity index is 147. The Hall–Kier alpha value is -0.0200. The number of carbonyl (C=O) groups is 1. The van der Waals surface area contributed by atoms with Crippen molar-refractivity contribution in [1.29, 1.82) is 0 Å². The summed E-state index contributed by atoms with van der Waals surface area (Å²) in [5, 5.41) is 0. The summed E-state index contributed by atoms with van der Waals surface area (Å²) in [7, 11) is 0. The first kappa shape index (κ1) is 12.0. The Balaban J connectivity index is 4.33. The number of hydrogen-bond acceptors (Lipinski definition) is 3. The molecule has 1 atom stereocenters. The standard InChI is InChI=1S/C9H19NOS/c1-5-10(7(2)3)9(6-12)8(4)11/h7,9,12H,5-6H2,1-4H3. The molecule has 0 aromatic rings. The lowest BCUT2D eigenvalue weighted by atomic mass is 10.1. The Morgan fingerprint density at radius 1 is 1.50 bits per heavy atom. The summed E-state index contributed by atoms with van der Waals surface area (Å²) in [6, 6.07) is 0.398. The lowest BCUT2D eigenvalue weighted by Gasteiger charge is -2.31. The SMILES string of the molecule is CCN(C(C)C)C(CS)C(C)=O. The minimum atomic E-state index is -0.0154. The first-order valence-electron chi connectivity index (χ1n) is 4.41. The molecule has 0 N–H and O–H groups in total. The zero-order chi connectivity index (χ0) is 9.72. The van der Waals surface area contributed by atoms with E-state index in [-0.39, 0.29) is 11.8 Å². The molecule has 12 heavy (non-hydrogen) atoms. The van der Waals surface area contributed by atoms with E-state index in [0.717, 1.165) is 6.54 Å². The van der Waals surface area contributed by atoms with Crippen molar-refractivity contribution in [2.45, 2.75) is 39.8 Å². The third-order valence-corrected chi connectivity index (χ3v) is 2.42. The molecule has 0 heterocycles. The molecule has 1 unspecified atom stereocenters. The fourth-order valence-electron chi connectivity index (χ4n) is 1.41. The quantitative estimate of drug-likeness (QED) is 0.663. The van der Waals surface area contributed by atoms with Crippen LogP contribution < -0.4 is 0 Å². The van der Waals surface area contributed by atoms with E-state index in [9.17, 15) is 4.79 Å². The van der Waals surface area contributed by atoms with E-state index in [2.05, 4.69) is 38.3 Å². The van der Waals surface area contributed by atoms with Gasteiger partial charge in [-0.25, -0.2) is 0 Å². The molecule has 0 aliphatic rings. The highest BCUT2D eigenvalue weighted by Crippen LogP contribution is 2.07. The molecule has 0 fully saturated rings. The van der Waals surface area contributed by atoms with Crippen LogP contribution in [0.3, 0.4) is 0 Å². The van der Waals surface area contributed by atoms with Crippen LogP contribution in [0, 0.1) is 0 Å². The maximum absolute atomic E-state index is 11.2. The maximum atomic E-state index is 11.2. The average molecular weight is 189 g/mol. The molecule has 0 saturated heterocycles. The Kier molecular flexibility index (Phi) is 5.59. The van der Waals surface area contributed by atoms with Crippen LogP contribution in [0.15, 0.2) is 0 Å². The summed E-state index contributed by atoms with van der Waals surface area (Å²) >= 11 is 4.18. The first-order valence-corrected chi connectivity index (χ1v) is 5.04. The van der Waals surface area contributed by atoms with E-state index in [4.69, 9.17) is 0 Å². The van der Waals surface area contributed by atoms with Crippen molar-refractivity contribution in [2.24, 2.45) is 0 Å². The molecule has 0 saturated carbocycles. The highest BCUT2D eigenvalue weighted by molar-refractivity contribution is 7.80. The summed E-state index contributed by atoms with van der Waals surface area (Å²) in [5.74, 6) is 0.821. The summed E-state index contributed by atoms with van der Waals surface area (Å²) < 4.78 is 0. The number of rotatable bonds is 5.